The monoisotopic (exact) mass is 216 g/mol. The first-order valence-electron chi connectivity index (χ1n) is 6.40. The first-order chi connectivity index (χ1) is 7.18. The average Bonchev–Trinajstić information content (AvgIpc) is 2.17. The van der Waals surface area contributed by atoms with E-state index in [9.17, 15) is 4.79 Å². The molecule has 0 saturated heterocycles. The Kier molecular flexibility index (Phi) is 17.9. The second-order valence-electron chi connectivity index (χ2n) is 3.97. The Morgan fingerprint density at radius 3 is 1.67 bits per heavy atom. The number of carboxylic acid groups (broad SMARTS) is 1. The van der Waals surface area contributed by atoms with Crippen molar-refractivity contribution in [2.45, 2.75) is 78.6 Å². The minimum Gasteiger partial charge on any atom is -0.481 e. The largest absolute Gasteiger partial charge is 0.481 e. The molecule has 0 aromatic rings. The van der Waals surface area contributed by atoms with Crippen LogP contribution < -0.4 is 0 Å². The summed E-state index contributed by atoms with van der Waals surface area (Å²) < 4.78 is 0. The molecular formula is C13H28O2. The summed E-state index contributed by atoms with van der Waals surface area (Å²) in [5.41, 5.74) is 0. The molecule has 0 amide bonds. The molecule has 2 nitrogen and oxygen atoms in total. The second kappa shape index (κ2) is 15.9. The molecule has 0 bridgehead atoms. The second-order valence-corrected chi connectivity index (χ2v) is 3.97. The lowest BCUT2D eigenvalue weighted by molar-refractivity contribution is -0.137. The van der Waals surface area contributed by atoms with Crippen LogP contribution in [0.4, 0.5) is 0 Å². The van der Waals surface area contributed by atoms with Crippen molar-refractivity contribution in [3.05, 3.63) is 0 Å². The van der Waals surface area contributed by atoms with Gasteiger partial charge in [0.25, 0.3) is 0 Å². The van der Waals surface area contributed by atoms with Gasteiger partial charge in [0.1, 0.15) is 0 Å². The van der Waals surface area contributed by atoms with Gasteiger partial charge in [-0.2, -0.15) is 0 Å². The third kappa shape index (κ3) is 24.7. The van der Waals surface area contributed by atoms with Gasteiger partial charge in [-0.05, 0) is 6.42 Å². The average molecular weight is 216 g/mol. The van der Waals surface area contributed by atoms with E-state index < -0.39 is 5.97 Å². The molecule has 0 rings (SSSR count). The molecule has 0 aliphatic heterocycles. The molecule has 0 aromatic carbocycles. The van der Waals surface area contributed by atoms with E-state index in [1.165, 1.54) is 38.5 Å². The van der Waals surface area contributed by atoms with Crippen molar-refractivity contribution in [3.8, 4) is 0 Å². The first kappa shape index (κ1) is 16.9. The molecule has 0 aliphatic carbocycles. The highest BCUT2D eigenvalue weighted by atomic mass is 16.4. The molecule has 0 atom stereocenters. The molecule has 0 heterocycles. The van der Waals surface area contributed by atoms with Crippen LogP contribution in [-0.2, 0) is 4.79 Å². The number of unbranched alkanes of at least 4 members (excludes halogenated alkanes) is 6. The molecular weight excluding hydrogens is 188 g/mol. The molecule has 0 aromatic heterocycles. The van der Waals surface area contributed by atoms with Gasteiger partial charge < -0.3 is 5.11 Å². The Balaban J connectivity index is 0. The molecule has 0 aliphatic rings. The fraction of sp³-hybridized carbons (Fsp3) is 0.923. The topological polar surface area (TPSA) is 37.3 Å². The summed E-state index contributed by atoms with van der Waals surface area (Å²) >= 11 is 0. The van der Waals surface area contributed by atoms with Gasteiger partial charge in [-0.15, -0.1) is 0 Å². The Morgan fingerprint density at radius 2 is 1.27 bits per heavy atom. The van der Waals surface area contributed by atoms with Crippen LogP contribution in [-0.4, -0.2) is 11.1 Å². The van der Waals surface area contributed by atoms with Crippen molar-refractivity contribution in [2.75, 3.05) is 0 Å². The lowest BCUT2D eigenvalue weighted by atomic mass is 10.1. The van der Waals surface area contributed by atoms with Crippen LogP contribution in [0.1, 0.15) is 78.6 Å². The highest BCUT2D eigenvalue weighted by Crippen LogP contribution is 2.07. The lowest BCUT2D eigenvalue weighted by Gasteiger charge is -1.98. The molecule has 2 heteroatoms. The van der Waals surface area contributed by atoms with E-state index in [2.05, 4.69) is 20.8 Å². The predicted molar refractivity (Wildman–Crippen MR) is 66.2 cm³/mol. The molecule has 15 heavy (non-hydrogen) atoms. The van der Waals surface area contributed by atoms with E-state index in [1.54, 1.807) is 0 Å². The molecule has 0 fully saturated rings. The highest BCUT2D eigenvalue weighted by Gasteiger charge is 1.95. The third-order valence-electron chi connectivity index (χ3n) is 1.99. The summed E-state index contributed by atoms with van der Waals surface area (Å²) in [6.07, 6.45) is 9.89. The Labute approximate surface area is 95.1 Å². The smallest absolute Gasteiger partial charge is 0.303 e. The van der Waals surface area contributed by atoms with E-state index >= 15 is 0 Å². The quantitative estimate of drug-likeness (QED) is 0.601. The van der Waals surface area contributed by atoms with Crippen molar-refractivity contribution < 1.29 is 9.90 Å². The van der Waals surface area contributed by atoms with Crippen molar-refractivity contribution in [1.29, 1.82) is 0 Å². The van der Waals surface area contributed by atoms with Crippen LogP contribution in [0.3, 0.4) is 0 Å². The van der Waals surface area contributed by atoms with Crippen LogP contribution in [0.15, 0.2) is 0 Å². The zero-order chi connectivity index (χ0) is 11.9. The molecule has 0 saturated carbocycles. The van der Waals surface area contributed by atoms with Crippen LogP contribution in [0.5, 0.6) is 0 Å². The van der Waals surface area contributed by atoms with E-state index in [-0.39, 0.29) is 0 Å². The maximum atomic E-state index is 10.1. The van der Waals surface area contributed by atoms with E-state index in [0.717, 1.165) is 12.8 Å². The SMILES string of the molecule is CCC.CCCCCCCCCC(=O)O. The number of aliphatic carboxylic acids is 1. The summed E-state index contributed by atoms with van der Waals surface area (Å²) in [5, 5.41) is 8.35. The van der Waals surface area contributed by atoms with Gasteiger partial charge in [-0.1, -0.05) is 65.7 Å². The van der Waals surface area contributed by atoms with Gasteiger partial charge in [-0.3, -0.25) is 4.79 Å². The van der Waals surface area contributed by atoms with Gasteiger partial charge in [0, 0.05) is 6.42 Å². The van der Waals surface area contributed by atoms with Gasteiger partial charge in [0.05, 0.1) is 0 Å². The number of rotatable bonds is 8. The maximum Gasteiger partial charge on any atom is 0.303 e. The van der Waals surface area contributed by atoms with Gasteiger partial charge in [-0.25, -0.2) is 0 Å². The Bertz CT molecular complexity index is 122. The molecule has 92 valence electrons. The normalized spacial score (nSPS) is 9.27. The fourth-order valence-electron chi connectivity index (χ4n) is 1.23. The summed E-state index contributed by atoms with van der Waals surface area (Å²) in [5.74, 6) is -0.663. The van der Waals surface area contributed by atoms with Crippen LogP contribution in [0.25, 0.3) is 0 Å². The molecule has 1 N–H and O–H groups in total. The summed E-state index contributed by atoms with van der Waals surface area (Å²) in [7, 11) is 0. The zero-order valence-electron chi connectivity index (χ0n) is 10.7. The number of carboxylic acids is 1. The summed E-state index contributed by atoms with van der Waals surface area (Å²) in [6, 6.07) is 0. The van der Waals surface area contributed by atoms with Crippen LogP contribution in [0, 0.1) is 0 Å². The van der Waals surface area contributed by atoms with Crippen molar-refractivity contribution in [2.24, 2.45) is 0 Å². The lowest BCUT2D eigenvalue weighted by Crippen LogP contribution is -1.93. The maximum absolute atomic E-state index is 10.1. The van der Waals surface area contributed by atoms with E-state index in [1.807, 2.05) is 0 Å². The minimum atomic E-state index is -0.663. The molecule has 0 spiro atoms. The molecule has 0 unspecified atom stereocenters. The van der Waals surface area contributed by atoms with E-state index in [4.69, 9.17) is 5.11 Å². The van der Waals surface area contributed by atoms with Gasteiger partial charge in [0.2, 0.25) is 0 Å². The summed E-state index contributed by atoms with van der Waals surface area (Å²) in [4.78, 5) is 10.1. The van der Waals surface area contributed by atoms with Crippen LogP contribution in [0.2, 0.25) is 0 Å². The predicted octanol–water partition coefficient (Wildman–Crippen LogP) is 4.63. The van der Waals surface area contributed by atoms with Crippen molar-refractivity contribution in [1.82, 2.24) is 0 Å². The number of hydrogen-bond acceptors (Lipinski definition) is 1. The zero-order valence-corrected chi connectivity index (χ0v) is 10.7. The molecule has 0 radical (unpaired) electrons. The number of hydrogen-bond donors (Lipinski definition) is 1. The Hall–Kier alpha value is -0.530. The number of carbonyl (C=O) groups is 1. The Morgan fingerprint density at radius 1 is 0.867 bits per heavy atom. The van der Waals surface area contributed by atoms with Crippen molar-refractivity contribution in [3.63, 3.8) is 0 Å². The first-order valence-corrected chi connectivity index (χ1v) is 6.40. The summed E-state index contributed by atoms with van der Waals surface area (Å²) in [6.45, 7) is 6.45. The fourth-order valence-corrected chi connectivity index (χ4v) is 1.23. The highest BCUT2D eigenvalue weighted by molar-refractivity contribution is 5.66. The standard InChI is InChI=1S/C10H20O2.C3H8/c1-2-3-4-5-6-7-8-9-10(11)12;1-3-2/h2-9H2,1H3,(H,11,12);3H2,1-2H3. The minimum absolute atomic E-state index is 0.341. The third-order valence-corrected chi connectivity index (χ3v) is 1.99. The van der Waals surface area contributed by atoms with Gasteiger partial charge in [0.15, 0.2) is 0 Å². The van der Waals surface area contributed by atoms with Crippen LogP contribution >= 0.6 is 0 Å². The van der Waals surface area contributed by atoms with Gasteiger partial charge >= 0.3 is 5.97 Å². The van der Waals surface area contributed by atoms with E-state index in [0.29, 0.717) is 6.42 Å². The van der Waals surface area contributed by atoms with Crippen molar-refractivity contribution >= 4 is 5.97 Å².